The van der Waals surface area contributed by atoms with Crippen LogP contribution in [0.4, 0.5) is 0 Å². The van der Waals surface area contributed by atoms with Crippen molar-refractivity contribution in [2.75, 3.05) is 6.66 Å². The Labute approximate surface area is 55.6 Å². The Bertz CT molecular complexity index is 134. The first-order chi connectivity index (χ1) is 3.67. The fourth-order valence-electron chi connectivity index (χ4n) is 0.737. The third kappa shape index (κ3) is 1.16. The van der Waals surface area contributed by atoms with Crippen LogP contribution in [0.3, 0.4) is 0 Å². The number of thiol groups is 1. The zero-order valence-electron chi connectivity index (χ0n) is 4.89. The SMILES string of the molecule is C[PH](S)(C#N)C1CC1. The van der Waals surface area contributed by atoms with Gasteiger partial charge in [-0.2, -0.15) is 0 Å². The van der Waals surface area contributed by atoms with Crippen molar-refractivity contribution in [1.29, 1.82) is 5.26 Å². The van der Waals surface area contributed by atoms with E-state index in [1.165, 1.54) is 12.8 Å². The monoisotopic (exact) mass is 147 g/mol. The van der Waals surface area contributed by atoms with Crippen LogP contribution in [-0.2, 0) is 0 Å². The average molecular weight is 147 g/mol. The van der Waals surface area contributed by atoms with E-state index in [0.29, 0.717) is 5.66 Å². The van der Waals surface area contributed by atoms with E-state index < -0.39 is 6.46 Å². The molecule has 0 amide bonds. The summed E-state index contributed by atoms with van der Waals surface area (Å²) < 4.78 is 0. The number of hydrogen-bond acceptors (Lipinski definition) is 2. The predicted molar refractivity (Wildman–Crippen MR) is 41.9 cm³/mol. The summed E-state index contributed by atoms with van der Waals surface area (Å²) in [4.78, 5) is 0. The first kappa shape index (κ1) is 6.39. The number of hydrogen-bond donors (Lipinski definition) is 1. The number of nitriles is 1. The second-order valence-corrected chi connectivity index (χ2v) is 8.66. The first-order valence-corrected chi connectivity index (χ1v) is 6.67. The van der Waals surface area contributed by atoms with Crippen molar-refractivity contribution in [1.82, 2.24) is 0 Å². The van der Waals surface area contributed by atoms with Crippen LogP contribution in [-0.4, -0.2) is 12.3 Å². The minimum absolute atomic E-state index is 0.704. The average Bonchev–Trinajstić information content (AvgIpc) is 2.44. The summed E-state index contributed by atoms with van der Waals surface area (Å²) in [6, 6.07) is 0. The predicted octanol–water partition coefficient (Wildman–Crippen LogP) is 1.85. The van der Waals surface area contributed by atoms with Crippen LogP contribution in [0, 0.1) is 11.1 Å². The maximum atomic E-state index is 8.54. The molecule has 1 nitrogen and oxygen atoms in total. The van der Waals surface area contributed by atoms with Gasteiger partial charge in [0.25, 0.3) is 0 Å². The third-order valence-electron chi connectivity index (χ3n) is 1.60. The number of nitrogens with zero attached hydrogens (tertiary/aromatic N) is 1. The Morgan fingerprint density at radius 2 is 2.25 bits per heavy atom. The molecule has 0 aliphatic heterocycles. The van der Waals surface area contributed by atoms with Crippen LogP contribution < -0.4 is 0 Å². The fourth-order valence-corrected chi connectivity index (χ4v) is 2.98. The Hall–Kier alpha value is 0.270. The summed E-state index contributed by atoms with van der Waals surface area (Å²) in [5, 5.41) is 8.54. The van der Waals surface area contributed by atoms with Crippen molar-refractivity contribution >= 4 is 18.7 Å². The summed E-state index contributed by atoms with van der Waals surface area (Å²) in [6.45, 7) is 0.378. The molecule has 3 heteroatoms. The molecule has 0 saturated heterocycles. The molecule has 0 unspecified atom stereocenters. The van der Waals surface area contributed by atoms with Crippen LogP contribution in [0.1, 0.15) is 12.8 Å². The van der Waals surface area contributed by atoms with Gasteiger partial charge in [-0.3, -0.25) is 0 Å². The molecule has 0 aromatic rings. The van der Waals surface area contributed by atoms with Crippen molar-refractivity contribution in [3.05, 3.63) is 0 Å². The van der Waals surface area contributed by atoms with E-state index in [1.807, 2.05) is 6.66 Å². The Balaban J connectivity index is 2.53. The molecule has 0 N–H and O–H groups in total. The molecule has 46 valence electrons. The maximum absolute atomic E-state index is 8.54. The van der Waals surface area contributed by atoms with Crippen LogP contribution >= 0.6 is 18.7 Å². The van der Waals surface area contributed by atoms with Crippen LogP contribution in [0.25, 0.3) is 0 Å². The van der Waals surface area contributed by atoms with Crippen LogP contribution in [0.5, 0.6) is 0 Å². The van der Waals surface area contributed by atoms with E-state index >= 15 is 0 Å². The quantitative estimate of drug-likeness (QED) is 0.444. The van der Waals surface area contributed by atoms with Crippen molar-refractivity contribution in [3.63, 3.8) is 0 Å². The summed E-state index contributed by atoms with van der Waals surface area (Å²) in [7, 11) is 0. The van der Waals surface area contributed by atoms with Crippen molar-refractivity contribution < 1.29 is 0 Å². The van der Waals surface area contributed by atoms with Gasteiger partial charge in [-0.25, -0.2) is 0 Å². The molecular weight excluding hydrogens is 137 g/mol. The van der Waals surface area contributed by atoms with Gasteiger partial charge in [-0.1, -0.05) is 0 Å². The van der Waals surface area contributed by atoms with Crippen LogP contribution in [0.2, 0.25) is 0 Å². The van der Waals surface area contributed by atoms with Gasteiger partial charge < -0.3 is 0 Å². The van der Waals surface area contributed by atoms with Crippen LogP contribution in [0.15, 0.2) is 0 Å². The normalized spacial score (nSPS) is 22.1. The Morgan fingerprint density at radius 3 is 2.38 bits per heavy atom. The topological polar surface area (TPSA) is 23.8 Å². The molecule has 0 atom stereocenters. The fraction of sp³-hybridized carbons (Fsp3) is 0.800. The van der Waals surface area contributed by atoms with Gasteiger partial charge in [0, 0.05) is 0 Å². The molecule has 1 rings (SSSR count). The Morgan fingerprint density at radius 1 is 1.75 bits per heavy atom. The zero-order valence-corrected chi connectivity index (χ0v) is 6.78. The molecule has 0 aromatic carbocycles. The van der Waals surface area contributed by atoms with Gasteiger partial charge in [0.1, 0.15) is 0 Å². The summed E-state index contributed by atoms with van der Waals surface area (Å²) >= 11 is 4.32. The zero-order chi connectivity index (χ0) is 6.20. The molecule has 0 aromatic heterocycles. The molecule has 0 radical (unpaired) electrons. The molecule has 0 spiro atoms. The molecule has 1 saturated carbocycles. The van der Waals surface area contributed by atoms with E-state index in [0.717, 1.165) is 0 Å². The van der Waals surface area contributed by atoms with Gasteiger partial charge in [0.2, 0.25) is 0 Å². The molecular formula is C5H10NPS. The van der Waals surface area contributed by atoms with E-state index in [1.54, 1.807) is 0 Å². The van der Waals surface area contributed by atoms with Crippen molar-refractivity contribution in [2.24, 2.45) is 0 Å². The minimum atomic E-state index is -1.64. The van der Waals surface area contributed by atoms with E-state index in [2.05, 4.69) is 18.1 Å². The second kappa shape index (κ2) is 1.90. The summed E-state index contributed by atoms with van der Waals surface area (Å²) in [5.41, 5.74) is 0.704. The van der Waals surface area contributed by atoms with Gasteiger partial charge in [0.05, 0.1) is 0 Å². The van der Waals surface area contributed by atoms with Crippen molar-refractivity contribution in [2.45, 2.75) is 18.5 Å². The standard InChI is InChI=1S/C5H10NPS/c1-7(8,4-6)5-2-3-5/h5,7-8H,2-3H2,1H3. The third-order valence-corrected chi connectivity index (χ3v) is 5.61. The first-order valence-electron chi connectivity index (χ1n) is 2.80. The van der Waals surface area contributed by atoms with Gasteiger partial charge in [-0.15, -0.1) is 0 Å². The van der Waals surface area contributed by atoms with E-state index in [-0.39, 0.29) is 0 Å². The molecule has 1 aliphatic rings. The molecule has 0 heterocycles. The van der Waals surface area contributed by atoms with E-state index in [9.17, 15) is 0 Å². The Kier molecular flexibility index (Phi) is 1.52. The molecule has 1 aliphatic carbocycles. The molecule has 8 heavy (non-hydrogen) atoms. The van der Waals surface area contributed by atoms with Gasteiger partial charge >= 0.3 is 55.0 Å². The van der Waals surface area contributed by atoms with Crippen molar-refractivity contribution in [3.8, 4) is 5.81 Å². The van der Waals surface area contributed by atoms with Gasteiger partial charge in [0.15, 0.2) is 0 Å². The van der Waals surface area contributed by atoms with E-state index in [4.69, 9.17) is 5.26 Å². The molecule has 0 bridgehead atoms. The summed E-state index contributed by atoms with van der Waals surface area (Å²) in [6.07, 6.45) is 2.50. The molecule has 1 fully saturated rings. The second-order valence-electron chi connectivity index (χ2n) is 2.53. The number of rotatable bonds is 1. The summed E-state index contributed by atoms with van der Waals surface area (Å²) in [5.74, 6) is 2.31. The van der Waals surface area contributed by atoms with Gasteiger partial charge in [-0.05, 0) is 0 Å².